The number of oxime groups is 1. The molecule has 1 spiro atoms. The quantitative estimate of drug-likeness (QED) is 0.722. The number of rotatable bonds is 3. The van der Waals surface area contributed by atoms with Crippen molar-refractivity contribution in [1.82, 2.24) is 9.88 Å². The minimum Gasteiger partial charge on any atom is -0.389 e. The van der Waals surface area contributed by atoms with Crippen LogP contribution >= 0.6 is 11.6 Å². The summed E-state index contributed by atoms with van der Waals surface area (Å²) < 4.78 is 0. The van der Waals surface area contributed by atoms with Crippen molar-refractivity contribution in [3.05, 3.63) is 59.2 Å². The van der Waals surface area contributed by atoms with Crippen LogP contribution in [0.2, 0.25) is 5.02 Å². The first kappa shape index (κ1) is 20.3. The standard InChI is InChI=1S/C24H27ClN4O2/c25-20-7-4-12-26-22(20)28-13-15-29(16-14-28)23(30)19-8-10-24(11-9-19)17-21(27-31-24)18-5-2-1-3-6-18/h1-7,12,19H,8-11,13-17H2. The highest BCUT2D eigenvalue weighted by Gasteiger charge is 2.44. The molecule has 0 atom stereocenters. The van der Waals surface area contributed by atoms with Crippen LogP contribution < -0.4 is 4.90 Å². The Bertz CT molecular complexity index is 965. The topological polar surface area (TPSA) is 58.0 Å². The van der Waals surface area contributed by atoms with Gasteiger partial charge in [-0.05, 0) is 43.4 Å². The molecular weight excluding hydrogens is 412 g/mol. The Morgan fingerprint density at radius 2 is 1.77 bits per heavy atom. The van der Waals surface area contributed by atoms with Gasteiger partial charge in [0.15, 0.2) is 0 Å². The van der Waals surface area contributed by atoms with Crippen LogP contribution in [-0.4, -0.2) is 53.3 Å². The summed E-state index contributed by atoms with van der Waals surface area (Å²) in [5.74, 6) is 1.17. The molecule has 3 heterocycles. The van der Waals surface area contributed by atoms with Gasteiger partial charge in [0.05, 0.1) is 10.7 Å². The fraction of sp³-hybridized carbons (Fsp3) is 0.458. The molecule has 1 saturated carbocycles. The monoisotopic (exact) mass is 438 g/mol. The summed E-state index contributed by atoms with van der Waals surface area (Å²) in [6, 6.07) is 13.9. The van der Waals surface area contributed by atoms with Crippen LogP contribution in [0.3, 0.4) is 0 Å². The number of anilines is 1. The first-order valence-electron chi connectivity index (χ1n) is 11.1. The Kier molecular flexibility index (Phi) is 5.57. The minimum atomic E-state index is -0.226. The molecule has 2 aromatic rings. The van der Waals surface area contributed by atoms with Crippen LogP contribution in [-0.2, 0) is 9.63 Å². The van der Waals surface area contributed by atoms with E-state index in [4.69, 9.17) is 16.4 Å². The van der Waals surface area contributed by atoms with E-state index in [1.807, 2.05) is 35.2 Å². The predicted octanol–water partition coefficient (Wildman–Crippen LogP) is 4.14. The number of pyridine rings is 1. The summed E-state index contributed by atoms with van der Waals surface area (Å²) >= 11 is 6.28. The third-order valence-electron chi connectivity index (χ3n) is 6.82. The van der Waals surface area contributed by atoms with Crippen molar-refractivity contribution in [3.8, 4) is 0 Å². The molecule has 3 aliphatic rings. The van der Waals surface area contributed by atoms with E-state index in [-0.39, 0.29) is 17.4 Å². The summed E-state index contributed by atoms with van der Waals surface area (Å²) in [7, 11) is 0. The number of hydrogen-bond donors (Lipinski definition) is 0. The highest BCUT2D eigenvalue weighted by molar-refractivity contribution is 6.32. The Morgan fingerprint density at radius 3 is 2.48 bits per heavy atom. The number of piperazine rings is 1. The normalized spacial score (nSPS) is 26.0. The Balaban J connectivity index is 1.13. The molecule has 1 aromatic heterocycles. The van der Waals surface area contributed by atoms with Crippen molar-refractivity contribution in [1.29, 1.82) is 0 Å². The summed E-state index contributed by atoms with van der Waals surface area (Å²) in [6.07, 6.45) is 6.08. The maximum Gasteiger partial charge on any atom is 0.225 e. The molecule has 5 rings (SSSR count). The molecule has 0 radical (unpaired) electrons. The van der Waals surface area contributed by atoms with Crippen LogP contribution in [0.4, 0.5) is 5.82 Å². The van der Waals surface area contributed by atoms with Gasteiger partial charge in [-0.15, -0.1) is 0 Å². The second-order valence-electron chi connectivity index (χ2n) is 8.75. The molecular formula is C24H27ClN4O2. The van der Waals surface area contributed by atoms with E-state index >= 15 is 0 Å². The molecule has 1 aromatic carbocycles. The van der Waals surface area contributed by atoms with Crippen molar-refractivity contribution in [2.24, 2.45) is 11.1 Å². The Labute approximate surface area is 187 Å². The number of carbonyl (C=O) groups excluding carboxylic acids is 1. The second-order valence-corrected chi connectivity index (χ2v) is 9.16. The number of halogens is 1. The van der Waals surface area contributed by atoms with Crippen LogP contribution in [0.25, 0.3) is 0 Å². The average molecular weight is 439 g/mol. The third-order valence-corrected chi connectivity index (χ3v) is 7.12. The van der Waals surface area contributed by atoms with Crippen LogP contribution in [0.1, 0.15) is 37.7 Å². The minimum absolute atomic E-state index is 0.0833. The maximum atomic E-state index is 13.1. The smallest absolute Gasteiger partial charge is 0.225 e. The van der Waals surface area contributed by atoms with Crippen LogP contribution in [0.15, 0.2) is 53.8 Å². The van der Waals surface area contributed by atoms with Gasteiger partial charge < -0.3 is 14.6 Å². The van der Waals surface area contributed by atoms with Crippen LogP contribution in [0, 0.1) is 5.92 Å². The molecule has 0 bridgehead atoms. The zero-order valence-electron chi connectivity index (χ0n) is 17.5. The van der Waals surface area contributed by atoms with Gasteiger partial charge >= 0.3 is 0 Å². The van der Waals surface area contributed by atoms with Gasteiger partial charge in [0.2, 0.25) is 5.91 Å². The Morgan fingerprint density at radius 1 is 1.03 bits per heavy atom. The van der Waals surface area contributed by atoms with Crippen LogP contribution in [0.5, 0.6) is 0 Å². The van der Waals surface area contributed by atoms with Gasteiger partial charge in [-0.3, -0.25) is 4.79 Å². The molecule has 0 unspecified atom stereocenters. The molecule has 1 saturated heterocycles. The van der Waals surface area contributed by atoms with Crippen molar-refractivity contribution in [2.75, 3.05) is 31.1 Å². The molecule has 162 valence electrons. The molecule has 6 nitrogen and oxygen atoms in total. The number of benzene rings is 1. The van der Waals surface area contributed by atoms with E-state index in [9.17, 15) is 4.79 Å². The van der Waals surface area contributed by atoms with E-state index in [1.165, 1.54) is 0 Å². The van der Waals surface area contributed by atoms with Gasteiger partial charge in [0.1, 0.15) is 11.4 Å². The summed E-state index contributed by atoms with van der Waals surface area (Å²) in [6.45, 7) is 2.95. The summed E-state index contributed by atoms with van der Waals surface area (Å²) in [4.78, 5) is 27.7. The fourth-order valence-electron chi connectivity index (χ4n) is 4.97. The number of hydrogen-bond acceptors (Lipinski definition) is 5. The van der Waals surface area contributed by atoms with Gasteiger partial charge in [0.25, 0.3) is 0 Å². The summed E-state index contributed by atoms with van der Waals surface area (Å²) in [5.41, 5.74) is 1.93. The van der Waals surface area contributed by atoms with Gasteiger partial charge in [-0.2, -0.15) is 0 Å². The van der Waals surface area contributed by atoms with Gasteiger partial charge in [-0.25, -0.2) is 4.98 Å². The lowest BCUT2D eigenvalue weighted by atomic mass is 9.75. The Hall–Kier alpha value is -2.60. The predicted molar refractivity (Wildman–Crippen MR) is 121 cm³/mol. The largest absolute Gasteiger partial charge is 0.389 e. The lowest BCUT2D eigenvalue weighted by Crippen LogP contribution is -2.51. The van der Waals surface area contributed by atoms with E-state index in [0.29, 0.717) is 18.1 Å². The molecule has 1 amide bonds. The number of carbonyl (C=O) groups is 1. The lowest BCUT2D eigenvalue weighted by Gasteiger charge is -2.40. The highest BCUT2D eigenvalue weighted by atomic mass is 35.5. The summed E-state index contributed by atoms with van der Waals surface area (Å²) in [5, 5.41) is 5.05. The molecule has 2 fully saturated rings. The number of nitrogens with zero attached hydrogens (tertiary/aromatic N) is 4. The zero-order chi connectivity index (χ0) is 21.3. The van der Waals surface area contributed by atoms with E-state index in [1.54, 1.807) is 6.20 Å². The van der Waals surface area contributed by atoms with E-state index in [2.05, 4.69) is 27.2 Å². The number of amides is 1. The molecule has 31 heavy (non-hydrogen) atoms. The second kappa shape index (κ2) is 8.50. The van der Waals surface area contributed by atoms with E-state index < -0.39 is 0 Å². The van der Waals surface area contributed by atoms with E-state index in [0.717, 1.165) is 62.3 Å². The molecule has 7 heteroatoms. The third kappa shape index (κ3) is 4.13. The highest BCUT2D eigenvalue weighted by Crippen LogP contribution is 2.42. The average Bonchev–Trinajstić information content (AvgIpc) is 3.24. The fourth-order valence-corrected chi connectivity index (χ4v) is 5.21. The SMILES string of the molecule is O=C(C1CCC2(CC1)CC(c1ccccc1)=NO2)N1CCN(c2ncccc2Cl)CC1. The van der Waals surface area contributed by atoms with Crippen molar-refractivity contribution in [3.63, 3.8) is 0 Å². The maximum absolute atomic E-state index is 13.1. The molecule has 0 N–H and O–H groups in total. The molecule has 1 aliphatic carbocycles. The van der Waals surface area contributed by atoms with Crippen molar-refractivity contribution in [2.45, 2.75) is 37.7 Å². The molecule has 2 aliphatic heterocycles. The van der Waals surface area contributed by atoms with Gasteiger partial charge in [0, 0.05) is 44.7 Å². The lowest BCUT2D eigenvalue weighted by molar-refractivity contribution is -0.139. The van der Waals surface area contributed by atoms with Crippen molar-refractivity contribution < 1.29 is 9.63 Å². The first-order valence-corrected chi connectivity index (χ1v) is 11.5. The first-order chi connectivity index (χ1) is 15.1. The van der Waals surface area contributed by atoms with Crippen molar-refractivity contribution >= 4 is 29.0 Å². The zero-order valence-corrected chi connectivity index (χ0v) is 18.3. The van der Waals surface area contributed by atoms with Gasteiger partial charge in [-0.1, -0.05) is 47.1 Å². The number of aromatic nitrogens is 1.